The first-order chi connectivity index (χ1) is 11.9. The molecule has 8 heteroatoms. The molecule has 138 valence electrons. The van der Waals surface area contributed by atoms with Gasteiger partial charge in [-0.1, -0.05) is 0 Å². The zero-order valence-electron chi connectivity index (χ0n) is 14.1. The van der Waals surface area contributed by atoms with Crippen molar-refractivity contribution in [2.45, 2.75) is 50.6 Å². The number of urea groups is 1. The summed E-state index contributed by atoms with van der Waals surface area (Å²) in [6.45, 7) is -0.0281. The van der Waals surface area contributed by atoms with E-state index < -0.39 is 13.0 Å². The third-order valence-corrected chi connectivity index (χ3v) is 6.43. The maximum atomic E-state index is 12.3. The van der Waals surface area contributed by atoms with Gasteiger partial charge in [-0.3, -0.25) is 4.68 Å². The van der Waals surface area contributed by atoms with Crippen LogP contribution in [0.2, 0.25) is 0 Å². The monoisotopic (exact) mass is 353 g/mol. The van der Waals surface area contributed by atoms with Gasteiger partial charge in [-0.25, -0.2) is 13.6 Å². The summed E-state index contributed by atoms with van der Waals surface area (Å²) >= 11 is 0. The topological polar surface area (TPSA) is 85.0 Å². The summed E-state index contributed by atoms with van der Waals surface area (Å²) in [7, 11) is 0. The molecule has 4 fully saturated rings. The molecule has 4 aliphatic rings. The lowest BCUT2D eigenvalue weighted by molar-refractivity contribution is -0.0528. The number of hydrogen-bond donors (Lipinski definition) is 3. The van der Waals surface area contributed by atoms with Gasteiger partial charge in [-0.2, -0.15) is 5.10 Å². The Morgan fingerprint density at radius 1 is 1.28 bits per heavy atom. The third-order valence-electron chi connectivity index (χ3n) is 6.43. The van der Waals surface area contributed by atoms with Gasteiger partial charge >= 0.3 is 6.03 Å². The predicted molar refractivity (Wildman–Crippen MR) is 89.2 cm³/mol. The number of hydrogen-bond acceptors (Lipinski definition) is 3. The largest absolute Gasteiger partial charge is 0.336 e. The van der Waals surface area contributed by atoms with E-state index in [1.807, 2.05) is 0 Å². The Kier molecular flexibility index (Phi) is 4.17. The maximum Gasteiger partial charge on any atom is 0.319 e. The Morgan fingerprint density at radius 2 is 1.92 bits per heavy atom. The van der Waals surface area contributed by atoms with Crippen molar-refractivity contribution in [2.24, 2.45) is 29.4 Å². The average molecular weight is 353 g/mol. The molecule has 4 saturated carbocycles. The molecule has 4 N–H and O–H groups in total. The van der Waals surface area contributed by atoms with E-state index in [2.05, 4.69) is 15.7 Å². The van der Waals surface area contributed by atoms with Crippen molar-refractivity contribution in [3.05, 3.63) is 12.4 Å². The van der Waals surface area contributed by atoms with Crippen molar-refractivity contribution in [1.29, 1.82) is 0 Å². The summed E-state index contributed by atoms with van der Waals surface area (Å²) in [4.78, 5) is 12.2. The zero-order valence-corrected chi connectivity index (χ0v) is 14.1. The maximum absolute atomic E-state index is 12.3. The lowest BCUT2D eigenvalue weighted by Crippen LogP contribution is -2.67. The molecule has 1 heterocycles. The van der Waals surface area contributed by atoms with E-state index in [-0.39, 0.29) is 11.6 Å². The van der Waals surface area contributed by atoms with Crippen LogP contribution in [0, 0.1) is 23.7 Å². The van der Waals surface area contributed by atoms with E-state index in [0.717, 1.165) is 16.5 Å². The first-order valence-corrected chi connectivity index (χ1v) is 9.06. The van der Waals surface area contributed by atoms with Crippen LogP contribution in [0.5, 0.6) is 0 Å². The molecule has 25 heavy (non-hydrogen) atoms. The van der Waals surface area contributed by atoms with Crippen LogP contribution < -0.4 is 16.4 Å². The van der Waals surface area contributed by atoms with Gasteiger partial charge in [0.25, 0.3) is 6.43 Å². The van der Waals surface area contributed by atoms with Gasteiger partial charge < -0.3 is 16.4 Å². The van der Waals surface area contributed by atoms with Crippen molar-refractivity contribution in [3.63, 3.8) is 0 Å². The predicted octanol–water partition coefficient (Wildman–Crippen LogP) is 2.42. The van der Waals surface area contributed by atoms with Gasteiger partial charge in [-0.05, 0) is 55.8 Å². The van der Waals surface area contributed by atoms with Crippen LogP contribution in [-0.4, -0.2) is 34.3 Å². The number of carbonyl (C=O) groups excluding carboxylic acids is 1. The lowest BCUT2D eigenvalue weighted by Gasteiger charge is -2.59. The SMILES string of the molecule is NC1(CNC(=O)Nc2cnn(CC(F)F)c2)C2CC3CC(C2)CC1C3. The average Bonchev–Trinajstić information content (AvgIpc) is 2.96. The van der Waals surface area contributed by atoms with Crippen LogP contribution in [0.25, 0.3) is 0 Å². The minimum Gasteiger partial charge on any atom is -0.336 e. The number of anilines is 1. The van der Waals surface area contributed by atoms with Crippen molar-refractivity contribution in [2.75, 3.05) is 11.9 Å². The number of aromatic nitrogens is 2. The number of nitrogens with one attached hydrogen (secondary N) is 2. The number of rotatable bonds is 5. The first kappa shape index (κ1) is 16.8. The van der Waals surface area contributed by atoms with Crippen molar-refractivity contribution < 1.29 is 13.6 Å². The molecule has 1 aromatic heterocycles. The van der Waals surface area contributed by atoms with Crippen LogP contribution >= 0.6 is 0 Å². The standard InChI is InChI=1S/C17H25F2N5O/c18-15(19)8-24-7-14(6-22-24)23-16(25)21-9-17(20)12-2-10-1-11(4-12)5-13(17)3-10/h6-7,10-13,15H,1-5,8-9,20H2,(H2,21,23,25). The van der Waals surface area contributed by atoms with Crippen molar-refractivity contribution in [1.82, 2.24) is 15.1 Å². The summed E-state index contributed by atoms with van der Waals surface area (Å²) < 4.78 is 25.8. The van der Waals surface area contributed by atoms with E-state index >= 15 is 0 Å². The lowest BCUT2D eigenvalue weighted by atomic mass is 9.49. The smallest absolute Gasteiger partial charge is 0.319 e. The molecule has 0 unspecified atom stereocenters. The molecule has 0 aliphatic heterocycles. The number of nitrogens with two attached hydrogens (primary N) is 1. The molecule has 0 aromatic carbocycles. The molecule has 0 saturated heterocycles. The highest BCUT2D eigenvalue weighted by Crippen LogP contribution is 2.57. The molecule has 5 rings (SSSR count). The fraction of sp³-hybridized carbons (Fsp3) is 0.765. The van der Waals surface area contributed by atoms with Crippen LogP contribution in [-0.2, 0) is 6.54 Å². The Bertz CT molecular complexity index is 619. The Hall–Kier alpha value is -1.70. The van der Waals surface area contributed by atoms with Gasteiger partial charge in [0.15, 0.2) is 0 Å². The molecule has 2 amide bonds. The minimum absolute atomic E-state index is 0.315. The molecule has 4 aliphatic carbocycles. The Labute approximate surface area is 145 Å². The summed E-state index contributed by atoms with van der Waals surface area (Å²) in [5, 5.41) is 9.33. The highest BCUT2D eigenvalue weighted by molar-refractivity contribution is 5.88. The number of nitrogens with zero attached hydrogens (tertiary/aromatic N) is 2. The van der Waals surface area contributed by atoms with Crippen molar-refractivity contribution in [3.8, 4) is 0 Å². The van der Waals surface area contributed by atoms with Gasteiger partial charge in [0.1, 0.15) is 6.54 Å². The van der Waals surface area contributed by atoms with Crippen LogP contribution in [0.1, 0.15) is 32.1 Å². The van der Waals surface area contributed by atoms with Crippen molar-refractivity contribution >= 4 is 11.7 Å². The second kappa shape index (κ2) is 6.23. The van der Waals surface area contributed by atoms with E-state index in [9.17, 15) is 13.6 Å². The fourth-order valence-corrected chi connectivity index (χ4v) is 5.43. The van der Waals surface area contributed by atoms with Gasteiger partial charge in [0.05, 0.1) is 11.9 Å². The molecule has 6 nitrogen and oxygen atoms in total. The summed E-state index contributed by atoms with van der Waals surface area (Å²) in [5.74, 6) is 2.65. The van der Waals surface area contributed by atoms with Crippen LogP contribution in [0.4, 0.5) is 19.3 Å². The highest BCUT2D eigenvalue weighted by Gasteiger charge is 2.55. The fourth-order valence-electron chi connectivity index (χ4n) is 5.43. The second-order valence-electron chi connectivity index (χ2n) is 8.07. The minimum atomic E-state index is -2.48. The van der Waals surface area contributed by atoms with Crippen LogP contribution in [0.15, 0.2) is 12.4 Å². The van der Waals surface area contributed by atoms with Gasteiger partial charge in [0, 0.05) is 18.3 Å². The number of amides is 2. The molecule has 4 bridgehead atoms. The van der Waals surface area contributed by atoms with E-state index in [1.54, 1.807) is 0 Å². The molecule has 0 radical (unpaired) electrons. The number of carbonyl (C=O) groups is 1. The Morgan fingerprint density at radius 3 is 2.52 bits per heavy atom. The number of alkyl halides is 2. The molecule has 0 atom stereocenters. The quantitative estimate of drug-likeness (QED) is 0.760. The summed E-state index contributed by atoms with van der Waals surface area (Å²) in [6.07, 6.45) is 6.39. The first-order valence-electron chi connectivity index (χ1n) is 9.06. The third kappa shape index (κ3) is 3.23. The molecular formula is C17H25F2N5O. The van der Waals surface area contributed by atoms with E-state index in [4.69, 9.17) is 5.73 Å². The van der Waals surface area contributed by atoms with E-state index in [1.165, 1.54) is 44.5 Å². The highest BCUT2D eigenvalue weighted by atomic mass is 19.3. The Balaban J connectivity index is 1.32. The molecule has 0 spiro atoms. The second-order valence-corrected chi connectivity index (χ2v) is 8.07. The zero-order chi connectivity index (χ0) is 17.6. The number of halogens is 2. The molecular weight excluding hydrogens is 328 g/mol. The van der Waals surface area contributed by atoms with Gasteiger partial charge in [0.2, 0.25) is 0 Å². The normalized spacial score (nSPS) is 36.0. The van der Waals surface area contributed by atoms with Crippen LogP contribution in [0.3, 0.4) is 0 Å². The summed E-state index contributed by atoms with van der Waals surface area (Å²) in [5.41, 5.74) is 6.83. The van der Waals surface area contributed by atoms with Gasteiger partial charge in [-0.15, -0.1) is 0 Å². The molecule has 1 aromatic rings. The van der Waals surface area contributed by atoms with E-state index in [0.29, 0.717) is 24.1 Å². The summed E-state index contributed by atoms with van der Waals surface area (Å²) in [6, 6.07) is -0.366.